The average Bonchev–Trinajstić information content (AvgIpc) is 2.15. The third-order valence-corrected chi connectivity index (χ3v) is 2.79. The second kappa shape index (κ2) is 2.93. The Morgan fingerprint density at radius 1 is 1.42 bits per heavy atom. The van der Waals surface area contributed by atoms with Gasteiger partial charge in [0, 0.05) is 7.05 Å². The standard InChI is InChI=1S/C9H17ClN2/c1-6-7(9(2,3)4)11-12(5)8(6)10/h7,11H,1-5H3. The second-order valence-corrected chi connectivity index (χ2v) is 4.82. The fourth-order valence-electron chi connectivity index (χ4n) is 1.57. The van der Waals surface area contributed by atoms with E-state index in [-0.39, 0.29) is 5.41 Å². The minimum atomic E-state index is 0.217. The Bertz CT molecular complexity index is 215. The van der Waals surface area contributed by atoms with Crippen molar-refractivity contribution in [3.63, 3.8) is 0 Å². The Hall–Kier alpha value is -0.210. The van der Waals surface area contributed by atoms with E-state index in [1.165, 1.54) is 5.57 Å². The molecule has 0 aromatic heterocycles. The Morgan fingerprint density at radius 2 is 1.92 bits per heavy atom. The smallest absolute Gasteiger partial charge is 0.119 e. The number of hydrogen-bond donors (Lipinski definition) is 1. The summed E-state index contributed by atoms with van der Waals surface area (Å²) in [5, 5.41) is 2.71. The van der Waals surface area contributed by atoms with E-state index in [9.17, 15) is 0 Å². The zero-order valence-electron chi connectivity index (χ0n) is 8.40. The third kappa shape index (κ3) is 1.59. The molecule has 0 saturated carbocycles. The molecule has 0 saturated heterocycles. The van der Waals surface area contributed by atoms with Crippen molar-refractivity contribution in [2.24, 2.45) is 5.41 Å². The van der Waals surface area contributed by atoms with E-state index in [0.717, 1.165) is 5.16 Å². The molecule has 1 rings (SSSR count). The third-order valence-electron chi connectivity index (χ3n) is 2.24. The lowest BCUT2D eigenvalue weighted by atomic mass is 9.84. The van der Waals surface area contributed by atoms with E-state index >= 15 is 0 Å². The van der Waals surface area contributed by atoms with Gasteiger partial charge in [-0.05, 0) is 17.9 Å². The van der Waals surface area contributed by atoms with E-state index < -0.39 is 0 Å². The maximum atomic E-state index is 6.06. The molecule has 1 N–H and O–H groups in total. The molecule has 1 aliphatic rings. The van der Waals surface area contributed by atoms with Crippen LogP contribution in [0.4, 0.5) is 0 Å². The van der Waals surface area contributed by atoms with Crippen LogP contribution in [0.25, 0.3) is 0 Å². The summed E-state index contributed by atoms with van der Waals surface area (Å²) >= 11 is 6.06. The minimum Gasteiger partial charge on any atom is -0.301 e. The number of halogens is 1. The molecule has 0 radical (unpaired) electrons. The Labute approximate surface area is 79.5 Å². The summed E-state index contributed by atoms with van der Waals surface area (Å²) in [4.78, 5) is 0. The van der Waals surface area contributed by atoms with Crippen LogP contribution < -0.4 is 5.43 Å². The van der Waals surface area contributed by atoms with Gasteiger partial charge in [-0.3, -0.25) is 0 Å². The molecular weight excluding hydrogens is 172 g/mol. The fraction of sp³-hybridized carbons (Fsp3) is 0.778. The minimum absolute atomic E-state index is 0.217. The molecule has 1 unspecified atom stereocenters. The molecule has 0 fully saturated rings. The predicted molar refractivity (Wildman–Crippen MR) is 52.7 cm³/mol. The van der Waals surface area contributed by atoms with Gasteiger partial charge < -0.3 is 5.01 Å². The van der Waals surface area contributed by atoms with E-state index in [4.69, 9.17) is 11.6 Å². The second-order valence-electron chi connectivity index (χ2n) is 4.46. The molecule has 70 valence electrons. The van der Waals surface area contributed by atoms with Gasteiger partial charge in [0.15, 0.2) is 0 Å². The molecule has 0 aliphatic carbocycles. The number of hydrazine groups is 1. The molecule has 1 heterocycles. The lowest BCUT2D eigenvalue weighted by molar-refractivity contribution is 0.225. The van der Waals surface area contributed by atoms with Gasteiger partial charge >= 0.3 is 0 Å². The van der Waals surface area contributed by atoms with Gasteiger partial charge in [0.2, 0.25) is 0 Å². The van der Waals surface area contributed by atoms with Crippen LogP contribution in [-0.4, -0.2) is 18.1 Å². The molecule has 1 aliphatic heterocycles. The van der Waals surface area contributed by atoms with Crippen LogP contribution in [-0.2, 0) is 0 Å². The number of hydrogen-bond acceptors (Lipinski definition) is 2. The predicted octanol–water partition coefficient (Wildman–Crippen LogP) is 2.32. The summed E-state index contributed by atoms with van der Waals surface area (Å²) < 4.78 is 0. The largest absolute Gasteiger partial charge is 0.301 e. The Morgan fingerprint density at radius 3 is 2.08 bits per heavy atom. The molecule has 0 spiro atoms. The zero-order chi connectivity index (χ0) is 9.52. The van der Waals surface area contributed by atoms with Crippen molar-refractivity contribution in [1.82, 2.24) is 10.4 Å². The normalized spacial score (nSPS) is 25.5. The first-order valence-electron chi connectivity index (χ1n) is 4.20. The van der Waals surface area contributed by atoms with Crippen molar-refractivity contribution >= 4 is 11.6 Å². The highest BCUT2D eigenvalue weighted by Gasteiger charge is 2.33. The van der Waals surface area contributed by atoms with E-state index in [0.29, 0.717) is 6.04 Å². The molecule has 3 heteroatoms. The number of rotatable bonds is 0. The van der Waals surface area contributed by atoms with Gasteiger partial charge in [0.25, 0.3) is 0 Å². The van der Waals surface area contributed by atoms with Crippen molar-refractivity contribution in [3.05, 3.63) is 10.7 Å². The van der Waals surface area contributed by atoms with Crippen LogP contribution in [0.1, 0.15) is 27.7 Å². The zero-order valence-corrected chi connectivity index (χ0v) is 9.16. The molecule has 12 heavy (non-hydrogen) atoms. The Kier molecular flexibility index (Phi) is 2.41. The highest BCUT2D eigenvalue weighted by Crippen LogP contribution is 2.32. The van der Waals surface area contributed by atoms with Gasteiger partial charge in [-0.25, -0.2) is 5.43 Å². The van der Waals surface area contributed by atoms with Gasteiger partial charge in [0.05, 0.1) is 6.04 Å². The first-order valence-corrected chi connectivity index (χ1v) is 4.58. The Balaban J connectivity index is 2.88. The molecule has 0 aromatic carbocycles. The van der Waals surface area contributed by atoms with Gasteiger partial charge in [-0.15, -0.1) is 0 Å². The van der Waals surface area contributed by atoms with Crippen LogP contribution in [0.2, 0.25) is 0 Å². The molecule has 0 aromatic rings. The average molecular weight is 189 g/mol. The van der Waals surface area contributed by atoms with Crippen LogP contribution in [0, 0.1) is 5.41 Å². The topological polar surface area (TPSA) is 15.3 Å². The monoisotopic (exact) mass is 188 g/mol. The van der Waals surface area contributed by atoms with E-state index in [1.54, 1.807) is 0 Å². The molecule has 2 nitrogen and oxygen atoms in total. The van der Waals surface area contributed by atoms with Crippen LogP contribution in [0.3, 0.4) is 0 Å². The molecule has 1 atom stereocenters. The summed E-state index contributed by atoms with van der Waals surface area (Å²) in [6, 6.07) is 0.356. The molecule has 0 amide bonds. The summed E-state index contributed by atoms with van der Waals surface area (Å²) in [6.07, 6.45) is 0. The van der Waals surface area contributed by atoms with Crippen molar-refractivity contribution in [2.75, 3.05) is 7.05 Å². The first-order chi connectivity index (χ1) is 5.34. The summed E-state index contributed by atoms with van der Waals surface area (Å²) in [6.45, 7) is 8.70. The fourth-order valence-corrected chi connectivity index (χ4v) is 1.73. The first kappa shape index (κ1) is 9.87. The van der Waals surface area contributed by atoms with Gasteiger partial charge in [-0.1, -0.05) is 32.4 Å². The highest BCUT2D eigenvalue weighted by atomic mass is 35.5. The van der Waals surface area contributed by atoms with E-state index in [1.807, 2.05) is 12.1 Å². The summed E-state index contributed by atoms with van der Waals surface area (Å²) in [7, 11) is 1.94. The summed E-state index contributed by atoms with van der Waals surface area (Å²) in [5.41, 5.74) is 4.77. The van der Waals surface area contributed by atoms with Crippen LogP contribution >= 0.6 is 11.6 Å². The van der Waals surface area contributed by atoms with Crippen molar-refractivity contribution in [2.45, 2.75) is 33.7 Å². The molecular formula is C9H17ClN2. The van der Waals surface area contributed by atoms with Crippen molar-refractivity contribution in [1.29, 1.82) is 0 Å². The van der Waals surface area contributed by atoms with Crippen molar-refractivity contribution < 1.29 is 0 Å². The van der Waals surface area contributed by atoms with Gasteiger partial charge in [-0.2, -0.15) is 0 Å². The van der Waals surface area contributed by atoms with Crippen LogP contribution in [0.15, 0.2) is 10.7 Å². The van der Waals surface area contributed by atoms with Crippen molar-refractivity contribution in [3.8, 4) is 0 Å². The maximum Gasteiger partial charge on any atom is 0.119 e. The number of nitrogens with zero attached hydrogens (tertiary/aromatic N) is 1. The van der Waals surface area contributed by atoms with E-state index in [2.05, 4.69) is 33.1 Å². The summed E-state index contributed by atoms with van der Waals surface area (Å²) in [5.74, 6) is 0. The van der Waals surface area contributed by atoms with Crippen LogP contribution in [0.5, 0.6) is 0 Å². The van der Waals surface area contributed by atoms with Gasteiger partial charge in [0.1, 0.15) is 5.16 Å². The maximum absolute atomic E-state index is 6.06. The lowest BCUT2D eigenvalue weighted by Crippen LogP contribution is -2.42. The number of nitrogens with one attached hydrogen (secondary N) is 1. The quantitative estimate of drug-likeness (QED) is 0.587. The lowest BCUT2D eigenvalue weighted by Gasteiger charge is -2.29. The molecule has 0 bridgehead atoms. The highest BCUT2D eigenvalue weighted by molar-refractivity contribution is 6.29. The SMILES string of the molecule is CC1=C(Cl)N(C)NC1C(C)(C)C.